The van der Waals surface area contributed by atoms with Crippen LogP contribution in [0.4, 0.5) is 0 Å². The molecule has 0 heterocycles. The van der Waals surface area contributed by atoms with Gasteiger partial charge in [-0.15, -0.1) is 24.0 Å². The number of nitrogens with one attached hydrogen (secondary N) is 2. The number of rotatable bonds is 9. The van der Waals surface area contributed by atoms with Crippen molar-refractivity contribution in [3.05, 3.63) is 59.2 Å². The number of hydrogen-bond acceptors (Lipinski definition) is 4. The number of carbonyl (C=O) groups excluding carboxylic acids is 1. The minimum absolute atomic E-state index is 0. The topological polar surface area (TPSA) is 75.2 Å². The van der Waals surface area contributed by atoms with Crippen molar-refractivity contribution in [2.24, 2.45) is 4.99 Å². The molecular weight excluding hydrogens is 519 g/mol. The monoisotopic (exact) mass is 554 g/mol. The Morgan fingerprint density at radius 1 is 1.12 bits per heavy atom. The molecule has 0 saturated heterocycles. The number of nitrogens with zero attached hydrogens (tertiary/aromatic N) is 2. The molecule has 1 amide bonds. The van der Waals surface area contributed by atoms with Gasteiger partial charge in [-0.05, 0) is 43.2 Å². The van der Waals surface area contributed by atoms with Crippen molar-refractivity contribution >= 4 is 35.8 Å². The molecule has 2 aromatic rings. The highest BCUT2D eigenvalue weighted by atomic mass is 127. The summed E-state index contributed by atoms with van der Waals surface area (Å²) in [6.45, 7) is 5.28. The van der Waals surface area contributed by atoms with Gasteiger partial charge in [-0.2, -0.15) is 0 Å². The number of guanidine groups is 1. The molecule has 0 aliphatic carbocycles. The lowest BCUT2D eigenvalue weighted by atomic mass is 10.1. The maximum Gasteiger partial charge on any atom is 0.251 e. The van der Waals surface area contributed by atoms with Crippen LogP contribution in [0.25, 0.3) is 0 Å². The van der Waals surface area contributed by atoms with E-state index in [-0.39, 0.29) is 35.9 Å². The van der Waals surface area contributed by atoms with Crippen LogP contribution in [0.15, 0.2) is 47.5 Å². The van der Waals surface area contributed by atoms with Crippen molar-refractivity contribution < 1.29 is 14.3 Å². The second-order valence-electron chi connectivity index (χ2n) is 7.41. The van der Waals surface area contributed by atoms with Gasteiger partial charge >= 0.3 is 0 Å². The highest BCUT2D eigenvalue weighted by Gasteiger charge is 2.12. The number of amides is 1. The van der Waals surface area contributed by atoms with Crippen LogP contribution >= 0.6 is 24.0 Å². The lowest BCUT2D eigenvalue weighted by molar-refractivity contribution is 0.0939. The summed E-state index contributed by atoms with van der Waals surface area (Å²) in [4.78, 5) is 18.6. The van der Waals surface area contributed by atoms with Crippen LogP contribution in [0, 0.1) is 0 Å². The smallest absolute Gasteiger partial charge is 0.251 e. The van der Waals surface area contributed by atoms with Gasteiger partial charge in [-0.3, -0.25) is 9.79 Å². The van der Waals surface area contributed by atoms with E-state index in [1.165, 1.54) is 0 Å². The van der Waals surface area contributed by atoms with Crippen molar-refractivity contribution in [3.63, 3.8) is 0 Å². The predicted molar refractivity (Wildman–Crippen MR) is 140 cm³/mol. The fourth-order valence-corrected chi connectivity index (χ4v) is 3.06. The average molecular weight is 554 g/mol. The molecule has 7 nitrogen and oxygen atoms in total. The molecule has 176 valence electrons. The van der Waals surface area contributed by atoms with Crippen molar-refractivity contribution in [1.29, 1.82) is 0 Å². The summed E-state index contributed by atoms with van der Waals surface area (Å²) in [6.07, 6.45) is 0.906. The quantitative estimate of drug-likeness (QED) is 0.278. The number of methoxy groups -OCH3 is 2. The molecular formula is C24H35IN4O3. The van der Waals surface area contributed by atoms with Crippen molar-refractivity contribution in [1.82, 2.24) is 15.5 Å². The Bertz CT molecular complexity index is 887. The Morgan fingerprint density at radius 2 is 1.81 bits per heavy atom. The maximum absolute atomic E-state index is 12.2. The molecule has 0 radical (unpaired) electrons. The first kappa shape index (κ1) is 27.5. The summed E-state index contributed by atoms with van der Waals surface area (Å²) in [5, 5.41) is 6.35. The Balaban J connectivity index is 0.00000512. The molecule has 0 aliphatic rings. The number of halogens is 1. The summed E-state index contributed by atoms with van der Waals surface area (Å²) >= 11 is 0. The largest absolute Gasteiger partial charge is 0.497 e. The molecule has 0 aliphatic heterocycles. The number of carbonyl (C=O) groups is 1. The molecule has 32 heavy (non-hydrogen) atoms. The van der Waals surface area contributed by atoms with E-state index in [0.717, 1.165) is 35.0 Å². The van der Waals surface area contributed by atoms with Gasteiger partial charge in [-0.1, -0.05) is 19.1 Å². The van der Waals surface area contributed by atoms with E-state index in [9.17, 15) is 4.79 Å². The SMILES string of the molecule is CCC(C)NC(=O)c1ccc(CNC(=NC)N(C)Cc2ccc(OC)cc2OC)cc1.I. The van der Waals surface area contributed by atoms with Crippen LogP contribution in [0.1, 0.15) is 41.8 Å². The molecule has 8 heteroatoms. The second-order valence-corrected chi connectivity index (χ2v) is 7.41. The fourth-order valence-electron chi connectivity index (χ4n) is 3.06. The van der Waals surface area contributed by atoms with Crippen molar-refractivity contribution in [2.45, 2.75) is 39.4 Å². The van der Waals surface area contributed by atoms with Gasteiger partial charge in [0.15, 0.2) is 5.96 Å². The van der Waals surface area contributed by atoms with Crippen LogP contribution in [-0.4, -0.2) is 51.1 Å². The Kier molecular flexibility index (Phi) is 11.9. The van der Waals surface area contributed by atoms with Crippen LogP contribution in [0.2, 0.25) is 0 Å². The van der Waals surface area contributed by atoms with Crippen molar-refractivity contribution in [3.8, 4) is 11.5 Å². The summed E-state index contributed by atoms with van der Waals surface area (Å²) in [6, 6.07) is 13.6. The van der Waals surface area contributed by atoms with Gasteiger partial charge in [0.1, 0.15) is 11.5 Å². The maximum atomic E-state index is 12.2. The number of benzene rings is 2. The van der Waals surface area contributed by atoms with E-state index < -0.39 is 0 Å². The number of aliphatic imine (C=N–C) groups is 1. The van der Waals surface area contributed by atoms with Crippen LogP contribution in [0.3, 0.4) is 0 Å². The van der Waals surface area contributed by atoms with Gasteiger partial charge < -0.3 is 25.0 Å². The molecule has 0 bridgehead atoms. The normalized spacial score (nSPS) is 11.8. The first-order valence-electron chi connectivity index (χ1n) is 10.4. The van der Waals surface area contributed by atoms with E-state index >= 15 is 0 Å². The van der Waals surface area contributed by atoms with Gasteiger partial charge in [0.25, 0.3) is 5.91 Å². The zero-order valence-corrected chi connectivity index (χ0v) is 22.1. The van der Waals surface area contributed by atoms with Gasteiger partial charge in [0, 0.05) is 50.4 Å². The Hall–Kier alpha value is -2.49. The summed E-state index contributed by atoms with van der Waals surface area (Å²) < 4.78 is 10.8. The fraction of sp³-hybridized carbons (Fsp3) is 0.417. The molecule has 2 N–H and O–H groups in total. The zero-order valence-electron chi connectivity index (χ0n) is 19.8. The summed E-state index contributed by atoms with van der Waals surface area (Å²) in [7, 11) is 7.02. The van der Waals surface area contributed by atoms with E-state index in [4.69, 9.17) is 9.47 Å². The van der Waals surface area contributed by atoms with E-state index in [1.54, 1.807) is 21.3 Å². The Morgan fingerprint density at radius 3 is 2.38 bits per heavy atom. The third-order valence-electron chi connectivity index (χ3n) is 5.13. The lowest BCUT2D eigenvalue weighted by Crippen LogP contribution is -2.38. The van der Waals surface area contributed by atoms with E-state index in [0.29, 0.717) is 18.7 Å². The first-order chi connectivity index (χ1) is 14.9. The molecule has 0 saturated carbocycles. The Labute approximate surface area is 208 Å². The number of ether oxygens (including phenoxy) is 2. The van der Waals surface area contributed by atoms with Gasteiger partial charge in [0.05, 0.1) is 14.2 Å². The predicted octanol–water partition coefficient (Wildman–Crippen LogP) is 4.06. The van der Waals surface area contributed by atoms with E-state index in [2.05, 4.69) is 15.6 Å². The van der Waals surface area contributed by atoms with Crippen LogP contribution in [0.5, 0.6) is 11.5 Å². The minimum Gasteiger partial charge on any atom is -0.497 e. The number of hydrogen-bond donors (Lipinski definition) is 2. The molecule has 0 spiro atoms. The summed E-state index contributed by atoms with van der Waals surface area (Å²) in [5.74, 6) is 2.24. The van der Waals surface area contributed by atoms with Gasteiger partial charge in [0.2, 0.25) is 0 Å². The molecule has 1 atom stereocenters. The van der Waals surface area contributed by atoms with E-state index in [1.807, 2.05) is 68.3 Å². The molecule has 0 fully saturated rings. The highest BCUT2D eigenvalue weighted by molar-refractivity contribution is 14.0. The highest BCUT2D eigenvalue weighted by Crippen LogP contribution is 2.25. The first-order valence-corrected chi connectivity index (χ1v) is 10.4. The van der Waals surface area contributed by atoms with Crippen LogP contribution in [-0.2, 0) is 13.1 Å². The molecule has 2 rings (SSSR count). The van der Waals surface area contributed by atoms with Crippen molar-refractivity contribution in [2.75, 3.05) is 28.3 Å². The minimum atomic E-state index is -0.0437. The summed E-state index contributed by atoms with van der Waals surface area (Å²) in [5.41, 5.74) is 2.76. The molecule has 2 aromatic carbocycles. The average Bonchev–Trinajstić information content (AvgIpc) is 2.79. The molecule has 1 unspecified atom stereocenters. The zero-order chi connectivity index (χ0) is 22.8. The lowest BCUT2D eigenvalue weighted by Gasteiger charge is -2.23. The van der Waals surface area contributed by atoms with Gasteiger partial charge in [-0.25, -0.2) is 0 Å². The standard InChI is InChI=1S/C24H34N4O3.HI/c1-7-17(2)27-23(29)19-10-8-18(9-11-19)15-26-24(25-3)28(4)16-20-12-13-21(30-5)14-22(20)31-6;/h8-14,17H,7,15-16H2,1-6H3,(H,25,26)(H,27,29);1H. The van der Waals surface area contributed by atoms with Crippen LogP contribution < -0.4 is 20.1 Å². The third kappa shape index (κ3) is 7.89. The second kappa shape index (κ2) is 13.8. The molecule has 0 aromatic heterocycles. The third-order valence-corrected chi connectivity index (χ3v) is 5.13.